The summed E-state index contributed by atoms with van der Waals surface area (Å²) in [6, 6.07) is 7.04. The molecule has 0 saturated carbocycles. The third-order valence-electron chi connectivity index (χ3n) is 2.81. The quantitative estimate of drug-likeness (QED) is 0.440. The molecule has 0 radical (unpaired) electrons. The normalized spacial score (nSPS) is 11.1. The Kier molecular flexibility index (Phi) is 6.57. The molecule has 0 unspecified atom stereocenters. The molecule has 116 valence electrons. The van der Waals surface area contributed by atoms with Crippen LogP contribution in [-0.2, 0) is 9.59 Å². The number of benzene rings is 1. The van der Waals surface area contributed by atoms with Crippen LogP contribution in [0, 0.1) is 11.3 Å². The number of nitrogens with one attached hydrogen (secondary N) is 1. The summed E-state index contributed by atoms with van der Waals surface area (Å²) in [5, 5.41) is 11.0. The third-order valence-corrected chi connectivity index (χ3v) is 2.81. The summed E-state index contributed by atoms with van der Waals surface area (Å²) in [6.45, 7) is 1.28. The van der Waals surface area contributed by atoms with Crippen LogP contribution in [0.25, 0.3) is 0 Å². The number of hydrogen-bond donors (Lipinski definition) is 2. The van der Waals surface area contributed by atoms with Crippen LogP contribution < -0.4 is 15.8 Å². The Morgan fingerprint density at radius 3 is 2.45 bits per heavy atom. The number of nitriles is 1. The lowest BCUT2D eigenvalue weighted by molar-refractivity contribution is -0.131. The lowest BCUT2D eigenvalue weighted by Crippen LogP contribution is -2.44. The van der Waals surface area contributed by atoms with Gasteiger partial charge in [0.05, 0.1) is 6.07 Å². The standard InChI is InChI=1S/C15H17N3O4/c1-10(19)22-12-7-5-11(6-8-12)15(21)18-13(14(17)20)4-2-3-9-16/h5-8,13H,2-4H2,1H3,(H2,17,20)(H,18,21)/t13-/m0/s1. The van der Waals surface area contributed by atoms with Gasteiger partial charge in [-0.2, -0.15) is 5.26 Å². The number of nitrogens with two attached hydrogens (primary N) is 1. The van der Waals surface area contributed by atoms with E-state index in [9.17, 15) is 14.4 Å². The number of primary amides is 1. The van der Waals surface area contributed by atoms with Crippen molar-refractivity contribution in [2.24, 2.45) is 5.73 Å². The smallest absolute Gasteiger partial charge is 0.308 e. The van der Waals surface area contributed by atoms with Crippen LogP contribution in [0.5, 0.6) is 5.75 Å². The van der Waals surface area contributed by atoms with Crippen LogP contribution in [-0.4, -0.2) is 23.8 Å². The fraction of sp³-hybridized carbons (Fsp3) is 0.333. The van der Waals surface area contributed by atoms with Crippen LogP contribution in [0.15, 0.2) is 24.3 Å². The van der Waals surface area contributed by atoms with Crippen molar-refractivity contribution in [1.29, 1.82) is 5.26 Å². The van der Waals surface area contributed by atoms with E-state index in [1.54, 1.807) is 0 Å². The number of esters is 1. The summed E-state index contributed by atoms with van der Waals surface area (Å²) in [4.78, 5) is 34.1. The molecule has 0 aliphatic rings. The molecule has 0 fully saturated rings. The van der Waals surface area contributed by atoms with E-state index < -0.39 is 23.8 Å². The molecule has 7 heteroatoms. The van der Waals surface area contributed by atoms with Gasteiger partial charge >= 0.3 is 5.97 Å². The number of hydrogen-bond acceptors (Lipinski definition) is 5. The molecule has 0 heterocycles. The van der Waals surface area contributed by atoms with Gasteiger partial charge in [0.25, 0.3) is 5.91 Å². The van der Waals surface area contributed by atoms with Crippen LogP contribution in [0.3, 0.4) is 0 Å². The van der Waals surface area contributed by atoms with E-state index in [0.29, 0.717) is 24.2 Å². The molecule has 0 aromatic heterocycles. The van der Waals surface area contributed by atoms with Crippen molar-refractivity contribution in [3.8, 4) is 11.8 Å². The minimum absolute atomic E-state index is 0.288. The maximum absolute atomic E-state index is 12.0. The predicted molar refractivity (Wildman–Crippen MR) is 77.7 cm³/mol. The summed E-state index contributed by atoms with van der Waals surface area (Å²) < 4.78 is 4.86. The monoisotopic (exact) mass is 303 g/mol. The van der Waals surface area contributed by atoms with Gasteiger partial charge in [0.1, 0.15) is 11.8 Å². The summed E-state index contributed by atoms with van der Waals surface area (Å²) >= 11 is 0. The molecule has 2 amide bonds. The van der Waals surface area contributed by atoms with Crippen molar-refractivity contribution < 1.29 is 19.1 Å². The minimum Gasteiger partial charge on any atom is -0.427 e. The number of ether oxygens (including phenoxy) is 1. The van der Waals surface area contributed by atoms with Crippen LogP contribution in [0.2, 0.25) is 0 Å². The number of unbranched alkanes of at least 4 members (excludes halogenated alkanes) is 1. The van der Waals surface area contributed by atoms with Crippen molar-refractivity contribution in [1.82, 2.24) is 5.32 Å². The molecule has 7 nitrogen and oxygen atoms in total. The number of amides is 2. The van der Waals surface area contributed by atoms with E-state index in [0.717, 1.165) is 0 Å². The largest absolute Gasteiger partial charge is 0.427 e. The molecular weight excluding hydrogens is 286 g/mol. The van der Waals surface area contributed by atoms with Crippen LogP contribution in [0.4, 0.5) is 0 Å². The molecule has 0 bridgehead atoms. The fourth-order valence-electron chi connectivity index (χ4n) is 1.75. The second kappa shape index (κ2) is 8.42. The Labute approximate surface area is 128 Å². The first-order valence-electron chi connectivity index (χ1n) is 6.69. The molecule has 1 atom stereocenters. The van der Waals surface area contributed by atoms with Gasteiger partial charge in [0.2, 0.25) is 5.91 Å². The van der Waals surface area contributed by atoms with Crippen molar-refractivity contribution in [2.45, 2.75) is 32.2 Å². The Balaban J connectivity index is 2.67. The first-order chi connectivity index (χ1) is 10.4. The highest BCUT2D eigenvalue weighted by Crippen LogP contribution is 2.12. The van der Waals surface area contributed by atoms with Gasteiger partial charge in [0, 0.05) is 18.9 Å². The van der Waals surface area contributed by atoms with Gasteiger partial charge in [-0.15, -0.1) is 0 Å². The SMILES string of the molecule is CC(=O)Oc1ccc(C(=O)N[C@@H](CCCC#N)C(N)=O)cc1. The van der Waals surface area contributed by atoms with Gasteiger partial charge in [-0.05, 0) is 37.1 Å². The zero-order chi connectivity index (χ0) is 16.5. The Hall–Kier alpha value is -2.88. The van der Waals surface area contributed by atoms with Gasteiger partial charge in [0.15, 0.2) is 0 Å². The molecule has 0 saturated heterocycles. The van der Waals surface area contributed by atoms with E-state index in [1.807, 2.05) is 6.07 Å². The Bertz CT molecular complexity index is 590. The van der Waals surface area contributed by atoms with Crippen LogP contribution in [0.1, 0.15) is 36.5 Å². The fourth-order valence-corrected chi connectivity index (χ4v) is 1.75. The number of nitrogens with zero attached hydrogens (tertiary/aromatic N) is 1. The molecule has 1 aromatic rings. The summed E-state index contributed by atoms with van der Waals surface area (Å²) in [7, 11) is 0. The van der Waals surface area contributed by atoms with Gasteiger partial charge < -0.3 is 15.8 Å². The third kappa shape index (κ3) is 5.63. The average molecular weight is 303 g/mol. The molecular formula is C15H17N3O4. The summed E-state index contributed by atoms with van der Waals surface area (Å²) in [6.07, 6.45) is 1.06. The number of rotatable bonds is 7. The van der Waals surface area contributed by atoms with E-state index in [4.69, 9.17) is 15.7 Å². The summed E-state index contributed by atoms with van der Waals surface area (Å²) in [5.74, 6) is -1.24. The summed E-state index contributed by atoms with van der Waals surface area (Å²) in [5.41, 5.74) is 5.54. The first-order valence-corrected chi connectivity index (χ1v) is 6.69. The van der Waals surface area contributed by atoms with Gasteiger partial charge in [-0.25, -0.2) is 0 Å². The first kappa shape index (κ1) is 17.2. The van der Waals surface area contributed by atoms with Crippen molar-refractivity contribution in [2.75, 3.05) is 0 Å². The zero-order valence-electron chi connectivity index (χ0n) is 12.2. The number of carbonyl (C=O) groups excluding carboxylic acids is 3. The Morgan fingerprint density at radius 1 is 1.32 bits per heavy atom. The van der Waals surface area contributed by atoms with E-state index in [1.165, 1.54) is 31.2 Å². The molecule has 1 rings (SSSR count). The second-order valence-electron chi connectivity index (χ2n) is 4.60. The van der Waals surface area contributed by atoms with Gasteiger partial charge in [-0.3, -0.25) is 14.4 Å². The molecule has 0 spiro atoms. The maximum atomic E-state index is 12.0. The maximum Gasteiger partial charge on any atom is 0.308 e. The van der Waals surface area contributed by atoms with E-state index in [-0.39, 0.29) is 6.42 Å². The van der Waals surface area contributed by atoms with E-state index in [2.05, 4.69) is 5.32 Å². The molecule has 22 heavy (non-hydrogen) atoms. The number of carbonyl (C=O) groups is 3. The van der Waals surface area contributed by atoms with Crippen molar-refractivity contribution in [3.05, 3.63) is 29.8 Å². The topological polar surface area (TPSA) is 122 Å². The van der Waals surface area contributed by atoms with Crippen molar-refractivity contribution in [3.63, 3.8) is 0 Å². The zero-order valence-corrected chi connectivity index (χ0v) is 12.2. The highest BCUT2D eigenvalue weighted by molar-refractivity contribution is 5.97. The van der Waals surface area contributed by atoms with Crippen molar-refractivity contribution >= 4 is 17.8 Å². The highest BCUT2D eigenvalue weighted by Gasteiger charge is 2.18. The van der Waals surface area contributed by atoms with Gasteiger partial charge in [-0.1, -0.05) is 0 Å². The molecule has 0 aliphatic heterocycles. The molecule has 3 N–H and O–H groups in total. The van der Waals surface area contributed by atoms with Crippen LogP contribution >= 0.6 is 0 Å². The minimum atomic E-state index is -0.825. The highest BCUT2D eigenvalue weighted by atomic mass is 16.5. The molecule has 1 aromatic carbocycles. The lowest BCUT2D eigenvalue weighted by Gasteiger charge is -2.14. The Morgan fingerprint density at radius 2 is 1.95 bits per heavy atom. The average Bonchev–Trinajstić information content (AvgIpc) is 2.46. The lowest BCUT2D eigenvalue weighted by atomic mass is 10.1. The molecule has 0 aliphatic carbocycles. The second-order valence-corrected chi connectivity index (χ2v) is 4.60. The van der Waals surface area contributed by atoms with E-state index >= 15 is 0 Å². The predicted octanol–water partition coefficient (Wildman–Crippen LogP) is 0.889.